The molecular formula is C15H20N4O3. The van der Waals surface area contributed by atoms with Gasteiger partial charge in [0.2, 0.25) is 0 Å². The highest BCUT2D eigenvalue weighted by atomic mass is 16.5. The molecule has 1 saturated heterocycles. The van der Waals surface area contributed by atoms with Gasteiger partial charge in [-0.2, -0.15) is 0 Å². The van der Waals surface area contributed by atoms with Gasteiger partial charge in [0.15, 0.2) is 0 Å². The van der Waals surface area contributed by atoms with Crippen LogP contribution in [0, 0.1) is 20.8 Å². The minimum atomic E-state index is -0.211. The highest BCUT2D eigenvalue weighted by Gasteiger charge is 2.31. The van der Waals surface area contributed by atoms with Gasteiger partial charge in [0, 0.05) is 19.8 Å². The molecule has 1 aliphatic heterocycles. The molecule has 2 aromatic rings. The van der Waals surface area contributed by atoms with Gasteiger partial charge < -0.3 is 18.7 Å². The fourth-order valence-electron chi connectivity index (χ4n) is 2.87. The summed E-state index contributed by atoms with van der Waals surface area (Å²) in [6.07, 6.45) is 1.74. The SMILES string of the molecule is Cc1cn(C)c(C2CN(C(=O)c3c(C)noc3C)CCO2)n1. The first-order chi connectivity index (χ1) is 10.5. The van der Waals surface area contributed by atoms with Crippen LogP contribution in [0.2, 0.25) is 0 Å². The third kappa shape index (κ3) is 2.52. The van der Waals surface area contributed by atoms with E-state index in [1.54, 1.807) is 18.7 Å². The Kier molecular flexibility index (Phi) is 3.74. The van der Waals surface area contributed by atoms with Gasteiger partial charge in [-0.25, -0.2) is 4.98 Å². The second-order valence-corrected chi connectivity index (χ2v) is 5.66. The van der Waals surface area contributed by atoms with Crippen LogP contribution >= 0.6 is 0 Å². The molecule has 1 atom stereocenters. The number of aryl methyl sites for hydroxylation is 4. The lowest BCUT2D eigenvalue weighted by molar-refractivity contribution is -0.0280. The van der Waals surface area contributed by atoms with Crippen molar-refractivity contribution in [2.45, 2.75) is 26.9 Å². The predicted octanol–water partition coefficient (Wildman–Crippen LogP) is 1.55. The summed E-state index contributed by atoms with van der Waals surface area (Å²) in [5, 5.41) is 3.86. The molecule has 1 aliphatic rings. The molecule has 1 unspecified atom stereocenters. The second-order valence-electron chi connectivity index (χ2n) is 5.66. The highest BCUT2D eigenvalue weighted by Crippen LogP contribution is 2.24. The van der Waals surface area contributed by atoms with Gasteiger partial charge in [-0.1, -0.05) is 5.16 Å². The van der Waals surface area contributed by atoms with E-state index in [0.717, 1.165) is 11.5 Å². The van der Waals surface area contributed by atoms with Gasteiger partial charge in [-0.15, -0.1) is 0 Å². The van der Waals surface area contributed by atoms with Crippen molar-refractivity contribution in [3.8, 4) is 0 Å². The molecule has 7 heteroatoms. The Labute approximate surface area is 128 Å². The van der Waals surface area contributed by atoms with Gasteiger partial charge in [0.25, 0.3) is 5.91 Å². The van der Waals surface area contributed by atoms with Crippen molar-refractivity contribution in [3.05, 3.63) is 34.7 Å². The maximum atomic E-state index is 12.7. The largest absolute Gasteiger partial charge is 0.367 e. The Morgan fingerprint density at radius 2 is 2.14 bits per heavy atom. The van der Waals surface area contributed by atoms with Crippen LogP contribution in [0.15, 0.2) is 10.7 Å². The maximum absolute atomic E-state index is 12.7. The smallest absolute Gasteiger partial charge is 0.259 e. The molecule has 0 bridgehead atoms. The van der Waals surface area contributed by atoms with Gasteiger partial charge in [0.1, 0.15) is 23.3 Å². The third-order valence-electron chi connectivity index (χ3n) is 3.92. The number of hydrogen-bond acceptors (Lipinski definition) is 5. The standard InChI is InChI=1S/C15H20N4O3/c1-9-7-18(4)14(16-9)12-8-19(5-6-21-12)15(20)13-10(2)17-22-11(13)3/h7,12H,5-6,8H2,1-4H3. The minimum Gasteiger partial charge on any atom is -0.367 e. The summed E-state index contributed by atoms with van der Waals surface area (Å²) in [4.78, 5) is 19.0. The van der Waals surface area contributed by atoms with Crippen LogP contribution in [0.1, 0.15) is 39.4 Å². The first kappa shape index (κ1) is 14.8. The van der Waals surface area contributed by atoms with Crippen molar-refractivity contribution in [3.63, 3.8) is 0 Å². The average Bonchev–Trinajstić information content (AvgIpc) is 3.00. The van der Waals surface area contributed by atoms with Crippen molar-refractivity contribution in [2.24, 2.45) is 7.05 Å². The zero-order valence-corrected chi connectivity index (χ0v) is 13.3. The minimum absolute atomic E-state index is 0.0597. The Morgan fingerprint density at radius 1 is 1.36 bits per heavy atom. The Hall–Kier alpha value is -2.15. The summed E-state index contributed by atoms with van der Waals surface area (Å²) in [6.45, 7) is 7.01. The molecule has 2 aromatic heterocycles. The van der Waals surface area contributed by atoms with E-state index in [1.807, 2.05) is 24.7 Å². The van der Waals surface area contributed by atoms with E-state index in [4.69, 9.17) is 9.26 Å². The second kappa shape index (κ2) is 5.57. The third-order valence-corrected chi connectivity index (χ3v) is 3.92. The fourth-order valence-corrected chi connectivity index (χ4v) is 2.87. The molecule has 3 rings (SSSR count). The number of carbonyl (C=O) groups excluding carboxylic acids is 1. The number of imidazole rings is 1. The lowest BCUT2D eigenvalue weighted by Crippen LogP contribution is -2.43. The molecule has 0 N–H and O–H groups in total. The molecule has 0 spiro atoms. The molecule has 0 radical (unpaired) electrons. The Bertz CT molecular complexity index is 684. The number of rotatable bonds is 2. The number of nitrogens with zero attached hydrogens (tertiary/aromatic N) is 4. The van der Waals surface area contributed by atoms with E-state index >= 15 is 0 Å². The van der Waals surface area contributed by atoms with Crippen LogP contribution in [0.5, 0.6) is 0 Å². The Balaban J connectivity index is 1.81. The van der Waals surface area contributed by atoms with E-state index in [-0.39, 0.29) is 12.0 Å². The first-order valence-electron chi connectivity index (χ1n) is 7.31. The molecule has 7 nitrogen and oxygen atoms in total. The van der Waals surface area contributed by atoms with Crippen LogP contribution in [0.25, 0.3) is 0 Å². The van der Waals surface area contributed by atoms with E-state index in [2.05, 4.69) is 10.1 Å². The Morgan fingerprint density at radius 3 is 2.73 bits per heavy atom. The van der Waals surface area contributed by atoms with Crippen molar-refractivity contribution < 1.29 is 14.1 Å². The summed E-state index contributed by atoms with van der Waals surface area (Å²) < 4.78 is 12.8. The summed E-state index contributed by atoms with van der Waals surface area (Å²) in [5.41, 5.74) is 2.12. The monoisotopic (exact) mass is 304 g/mol. The number of ether oxygens (including phenoxy) is 1. The summed E-state index contributed by atoms with van der Waals surface area (Å²) in [7, 11) is 1.94. The predicted molar refractivity (Wildman–Crippen MR) is 78.5 cm³/mol. The van der Waals surface area contributed by atoms with Crippen molar-refractivity contribution in [1.82, 2.24) is 19.6 Å². The topological polar surface area (TPSA) is 73.4 Å². The number of carbonyl (C=O) groups is 1. The molecule has 3 heterocycles. The van der Waals surface area contributed by atoms with Gasteiger partial charge in [0.05, 0.1) is 24.5 Å². The molecule has 0 aliphatic carbocycles. The van der Waals surface area contributed by atoms with Gasteiger partial charge in [-0.3, -0.25) is 4.79 Å². The quantitative estimate of drug-likeness (QED) is 0.841. The van der Waals surface area contributed by atoms with E-state index in [0.29, 0.717) is 36.7 Å². The molecule has 118 valence electrons. The van der Waals surface area contributed by atoms with Crippen molar-refractivity contribution in [2.75, 3.05) is 19.7 Å². The maximum Gasteiger partial charge on any atom is 0.259 e. The normalized spacial score (nSPS) is 18.7. The summed E-state index contributed by atoms with van der Waals surface area (Å²) in [6, 6.07) is 0. The molecule has 0 aromatic carbocycles. The van der Waals surface area contributed by atoms with E-state index in [1.165, 1.54) is 0 Å². The molecule has 1 fully saturated rings. The summed E-state index contributed by atoms with van der Waals surface area (Å²) >= 11 is 0. The van der Waals surface area contributed by atoms with E-state index < -0.39 is 0 Å². The van der Waals surface area contributed by atoms with Crippen LogP contribution < -0.4 is 0 Å². The number of hydrogen-bond donors (Lipinski definition) is 0. The van der Waals surface area contributed by atoms with Crippen LogP contribution in [0.3, 0.4) is 0 Å². The van der Waals surface area contributed by atoms with E-state index in [9.17, 15) is 4.79 Å². The molecule has 0 saturated carbocycles. The number of morpholine rings is 1. The van der Waals surface area contributed by atoms with Gasteiger partial charge >= 0.3 is 0 Å². The highest BCUT2D eigenvalue weighted by molar-refractivity contribution is 5.96. The zero-order valence-electron chi connectivity index (χ0n) is 13.3. The van der Waals surface area contributed by atoms with Crippen molar-refractivity contribution in [1.29, 1.82) is 0 Å². The lowest BCUT2D eigenvalue weighted by Gasteiger charge is -2.32. The van der Waals surface area contributed by atoms with Crippen LogP contribution in [0.4, 0.5) is 0 Å². The van der Waals surface area contributed by atoms with Gasteiger partial charge in [-0.05, 0) is 20.8 Å². The average molecular weight is 304 g/mol. The first-order valence-corrected chi connectivity index (χ1v) is 7.31. The lowest BCUT2D eigenvalue weighted by atomic mass is 10.1. The van der Waals surface area contributed by atoms with Crippen molar-refractivity contribution >= 4 is 5.91 Å². The molecular weight excluding hydrogens is 284 g/mol. The fraction of sp³-hybridized carbons (Fsp3) is 0.533. The van der Waals surface area contributed by atoms with Crippen LogP contribution in [-0.4, -0.2) is 45.2 Å². The van der Waals surface area contributed by atoms with Crippen LogP contribution in [-0.2, 0) is 11.8 Å². The molecule has 22 heavy (non-hydrogen) atoms. The zero-order chi connectivity index (χ0) is 15.9. The molecule has 1 amide bonds. The number of aromatic nitrogens is 3. The number of amides is 1. The summed E-state index contributed by atoms with van der Waals surface area (Å²) in [5.74, 6) is 1.34.